The quantitative estimate of drug-likeness (QED) is 0.625. The van der Waals surface area contributed by atoms with Crippen LogP contribution in [0.4, 0.5) is 10.5 Å². The average Bonchev–Trinajstić information content (AvgIpc) is 3.43. The molecule has 1 aromatic heterocycles. The van der Waals surface area contributed by atoms with E-state index in [9.17, 15) is 14.4 Å². The molecular formula is C22H21N7O3. The molecule has 0 saturated carbocycles. The van der Waals surface area contributed by atoms with Gasteiger partial charge >= 0.3 is 6.03 Å². The number of urea groups is 1. The molecular weight excluding hydrogens is 410 g/mol. The van der Waals surface area contributed by atoms with Crippen molar-refractivity contribution in [3.05, 3.63) is 66.0 Å². The normalized spacial score (nSPS) is 20.3. The number of carbonyl (C=O) groups is 3. The largest absolute Gasteiger partial charge is 0.325 e. The molecule has 0 spiro atoms. The molecule has 0 radical (unpaired) electrons. The Morgan fingerprint density at radius 3 is 2.81 bits per heavy atom. The van der Waals surface area contributed by atoms with Gasteiger partial charge in [0.05, 0.1) is 5.69 Å². The first-order valence-electron chi connectivity index (χ1n) is 10.3. The highest BCUT2D eigenvalue weighted by molar-refractivity contribution is 6.10. The fraction of sp³-hybridized carbons (Fsp3) is 0.273. The van der Waals surface area contributed by atoms with Crippen molar-refractivity contribution in [1.29, 1.82) is 0 Å². The smallest absolute Gasteiger partial charge is 0.319 e. The molecule has 3 aromatic rings. The summed E-state index contributed by atoms with van der Waals surface area (Å²) in [7, 11) is 0. The molecule has 5 rings (SSSR count). The summed E-state index contributed by atoms with van der Waals surface area (Å²) >= 11 is 0. The highest BCUT2D eigenvalue weighted by Crippen LogP contribution is 2.31. The van der Waals surface area contributed by atoms with E-state index in [1.54, 1.807) is 36.1 Å². The van der Waals surface area contributed by atoms with Crippen LogP contribution in [0.15, 0.2) is 54.9 Å². The van der Waals surface area contributed by atoms with Crippen LogP contribution in [-0.2, 0) is 21.5 Å². The maximum Gasteiger partial charge on any atom is 0.325 e. The molecule has 10 nitrogen and oxygen atoms in total. The molecule has 162 valence electrons. The minimum atomic E-state index is -1.30. The predicted molar refractivity (Wildman–Crippen MR) is 114 cm³/mol. The maximum atomic E-state index is 13.3. The Morgan fingerprint density at radius 1 is 1.16 bits per heavy atom. The number of hydrogen-bond acceptors (Lipinski definition) is 6. The van der Waals surface area contributed by atoms with Crippen LogP contribution in [0.25, 0.3) is 5.69 Å². The Morgan fingerprint density at radius 2 is 2.00 bits per heavy atom. The highest BCUT2D eigenvalue weighted by Gasteiger charge is 2.50. The van der Waals surface area contributed by atoms with Crippen LogP contribution in [-0.4, -0.2) is 56.0 Å². The van der Waals surface area contributed by atoms with Crippen LogP contribution in [0.5, 0.6) is 0 Å². The molecule has 1 atom stereocenters. The zero-order valence-corrected chi connectivity index (χ0v) is 17.4. The van der Waals surface area contributed by atoms with Gasteiger partial charge in [-0.25, -0.2) is 9.48 Å². The number of fused-ring (bicyclic) bond motifs is 1. The number of anilines is 1. The van der Waals surface area contributed by atoms with E-state index in [1.807, 2.05) is 24.3 Å². The van der Waals surface area contributed by atoms with Gasteiger partial charge in [-0.15, -0.1) is 5.10 Å². The van der Waals surface area contributed by atoms with Gasteiger partial charge in [-0.2, -0.15) is 0 Å². The van der Waals surface area contributed by atoms with Crippen molar-refractivity contribution in [3.8, 4) is 5.69 Å². The van der Waals surface area contributed by atoms with Crippen molar-refractivity contribution in [3.63, 3.8) is 0 Å². The number of benzene rings is 2. The third kappa shape index (κ3) is 3.20. The fourth-order valence-electron chi connectivity index (χ4n) is 4.29. The van der Waals surface area contributed by atoms with Crippen LogP contribution < -0.4 is 10.2 Å². The van der Waals surface area contributed by atoms with Gasteiger partial charge in [-0.1, -0.05) is 30.3 Å². The lowest BCUT2D eigenvalue weighted by Gasteiger charge is -2.30. The molecule has 0 unspecified atom stereocenters. The summed E-state index contributed by atoms with van der Waals surface area (Å²) in [4.78, 5) is 41.8. The van der Waals surface area contributed by atoms with Gasteiger partial charge in [0.15, 0.2) is 0 Å². The lowest BCUT2D eigenvalue weighted by Crippen LogP contribution is -2.46. The van der Waals surface area contributed by atoms with Gasteiger partial charge in [-0.05, 0) is 59.5 Å². The van der Waals surface area contributed by atoms with Crippen molar-refractivity contribution in [1.82, 2.24) is 30.4 Å². The first-order valence-corrected chi connectivity index (χ1v) is 10.3. The molecule has 4 amide bonds. The number of aromatic nitrogens is 4. The summed E-state index contributed by atoms with van der Waals surface area (Å²) in [5, 5.41) is 13.9. The van der Waals surface area contributed by atoms with E-state index in [4.69, 9.17) is 0 Å². The molecule has 10 heteroatoms. The summed E-state index contributed by atoms with van der Waals surface area (Å²) in [6.07, 6.45) is 3.18. The number of tetrazole rings is 1. The van der Waals surface area contributed by atoms with E-state index < -0.39 is 17.5 Å². The Balaban J connectivity index is 1.39. The third-order valence-electron chi connectivity index (χ3n) is 6.02. The Hall–Kier alpha value is -4.08. The minimum absolute atomic E-state index is 0.285. The van der Waals surface area contributed by atoms with Crippen molar-refractivity contribution < 1.29 is 14.4 Å². The maximum absolute atomic E-state index is 13.3. The molecule has 1 saturated heterocycles. The van der Waals surface area contributed by atoms with Crippen LogP contribution >= 0.6 is 0 Å². The number of imide groups is 1. The minimum Gasteiger partial charge on any atom is -0.319 e. The van der Waals surface area contributed by atoms with Crippen LogP contribution in [0.1, 0.15) is 24.5 Å². The summed E-state index contributed by atoms with van der Waals surface area (Å²) in [6.45, 7) is 1.87. The fourth-order valence-corrected chi connectivity index (χ4v) is 4.29. The third-order valence-corrected chi connectivity index (χ3v) is 6.02. The van der Waals surface area contributed by atoms with E-state index in [1.165, 1.54) is 11.0 Å². The highest BCUT2D eigenvalue weighted by atomic mass is 16.2. The second-order valence-corrected chi connectivity index (χ2v) is 8.03. The number of carbonyl (C=O) groups excluding carboxylic acids is 3. The summed E-state index contributed by atoms with van der Waals surface area (Å²) < 4.78 is 1.46. The molecule has 1 N–H and O–H groups in total. The van der Waals surface area contributed by atoms with Crippen LogP contribution in [0.2, 0.25) is 0 Å². The number of aryl methyl sites for hydroxylation is 1. The summed E-state index contributed by atoms with van der Waals surface area (Å²) in [5.41, 5.74) is 1.85. The zero-order valence-electron chi connectivity index (χ0n) is 17.4. The van der Waals surface area contributed by atoms with Crippen molar-refractivity contribution in [2.24, 2.45) is 0 Å². The van der Waals surface area contributed by atoms with Gasteiger partial charge in [-0.3, -0.25) is 14.5 Å². The molecule has 2 aromatic carbocycles. The van der Waals surface area contributed by atoms with Crippen molar-refractivity contribution in [2.45, 2.75) is 25.3 Å². The van der Waals surface area contributed by atoms with Crippen molar-refractivity contribution >= 4 is 23.5 Å². The average molecular weight is 431 g/mol. The second kappa shape index (κ2) is 7.56. The molecule has 3 heterocycles. The van der Waals surface area contributed by atoms with E-state index in [0.717, 1.165) is 29.0 Å². The molecule has 1 fully saturated rings. The number of amides is 4. The Labute approximate surface area is 183 Å². The van der Waals surface area contributed by atoms with Gasteiger partial charge in [0.25, 0.3) is 5.91 Å². The SMILES string of the molecule is C[C@]1(c2cccc(-n3cnnn3)c2)NC(=O)N(CC(=O)N2CCCc3ccccc32)C1=O. The molecule has 2 aliphatic heterocycles. The molecule has 32 heavy (non-hydrogen) atoms. The van der Waals surface area contributed by atoms with E-state index >= 15 is 0 Å². The first-order chi connectivity index (χ1) is 15.5. The second-order valence-electron chi connectivity index (χ2n) is 8.03. The molecule has 0 aliphatic carbocycles. The van der Waals surface area contributed by atoms with Gasteiger partial charge in [0, 0.05) is 12.2 Å². The van der Waals surface area contributed by atoms with Gasteiger partial charge in [0.1, 0.15) is 18.4 Å². The van der Waals surface area contributed by atoms with Gasteiger partial charge in [0.2, 0.25) is 5.91 Å². The summed E-state index contributed by atoms with van der Waals surface area (Å²) in [5.74, 6) is -0.762. The lowest BCUT2D eigenvalue weighted by molar-refractivity contribution is -0.134. The topological polar surface area (TPSA) is 113 Å². The number of para-hydroxylation sites is 1. The van der Waals surface area contributed by atoms with Crippen molar-refractivity contribution in [2.75, 3.05) is 18.0 Å². The number of nitrogens with zero attached hydrogens (tertiary/aromatic N) is 6. The summed E-state index contributed by atoms with van der Waals surface area (Å²) in [6, 6.07) is 14.2. The van der Waals surface area contributed by atoms with Gasteiger partial charge < -0.3 is 10.2 Å². The van der Waals surface area contributed by atoms with E-state index in [2.05, 4.69) is 20.8 Å². The Bertz CT molecular complexity index is 1210. The molecule has 2 aliphatic rings. The monoisotopic (exact) mass is 431 g/mol. The number of nitrogens with one attached hydrogen (secondary N) is 1. The Kier molecular flexibility index (Phi) is 4.69. The van der Waals surface area contributed by atoms with Crippen LogP contribution in [0, 0.1) is 0 Å². The lowest BCUT2D eigenvalue weighted by atomic mass is 9.91. The molecule has 0 bridgehead atoms. The zero-order chi connectivity index (χ0) is 22.3. The number of hydrogen-bond donors (Lipinski definition) is 1. The first kappa shape index (κ1) is 19.9. The van der Waals surface area contributed by atoms with E-state index in [-0.39, 0.29) is 12.5 Å². The van der Waals surface area contributed by atoms with E-state index in [0.29, 0.717) is 17.8 Å². The predicted octanol–water partition coefficient (Wildman–Crippen LogP) is 1.41. The standard InChI is InChI=1S/C22H21N7O3/c1-22(16-8-4-9-17(12-16)29-14-23-25-26-29)20(31)28(21(32)24-22)13-19(30)27-11-5-7-15-6-2-3-10-18(15)27/h2-4,6,8-10,12,14H,5,7,11,13H2,1H3,(H,24,32)/t22-/m1/s1. The van der Waals surface area contributed by atoms with Crippen LogP contribution in [0.3, 0.4) is 0 Å². The number of rotatable bonds is 4.